The van der Waals surface area contributed by atoms with Gasteiger partial charge in [-0.05, 0) is 39.3 Å². The summed E-state index contributed by atoms with van der Waals surface area (Å²) >= 11 is 0. The lowest BCUT2D eigenvalue weighted by Gasteiger charge is -2.19. The quantitative estimate of drug-likeness (QED) is 0.743. The summed E-state index contributed by atoms with van der Waals surface area (Å²) in [7, 11) is 1.30. The average Bonchev–Trinajstić information content (AvgIpc) is 2.46. The molecule has 0 bridgehead atoms. The Kier molecular flexibility index (Phi) is 5.52. The molecule has 114 valence electrons. The van der Waals surface area contributed by atoms with Gasteiger partial charge in [0.2, 0.25) is 0 Å². The molecule has 21 heavy (non-hydrogen) atoms. The molecule has 5 heteroatoms. The van der Waals surface area contributed by atoms with Crippen molar-refractivity contribution in [2.75, 3.05) is 7.11 Å². The molecule has 1 rings (SSSR count). The number of aromatic nitrogens is 1. The molecule has 0 aliphatic rings. The highest BCUT2D eigenvalue weighted by Gasteiger charge is 2.17. The Morgan fingerprint density at radius 1 is 1.14 bits per heavy atom. The fourth-order valence-electron chi connectivity index (χ4n) is 1.53. The molecule has 0 spiro atoms. The van der Waals surface area contributed by atoms with E-state index in [9.17, 15) is 9.59 Å². The first-order chi connectivity index (χ1) is 9.74. The molecule has 0 aliphatic carbocycles. The second-order valence-corrected chi connectivity index (χ2v) is 5.50. The largest absolute Gasteiger partial charge is 0.465 e. The zero-order chi connectivity index (χ0) is 16.0. The van der Waals surface area contributed by atoms with Crippen LogP contribution in [0.3, 0.4) is 0 Å². The van der Waals surface area contributed by atoms with Crippen LogP contribution in [0.4, 0.5) is 4.79 Å². The van der Waals surface area contributed by atoms with E-state index in [4.69, 9.17) is 9.47 Å². The van der Waals surface area contributed by atoms with E-state index in [0.717, 1.165) is 0 Å². The SMILES string of the molecule is COC(=O)c1cn(C(=O)OC(C)(C)C)cccccc1C. The molecule has 0 amide bonds. The fraction of sp³-hybridized carbons (Fsp3) is 0.375. The van der Waals surface area contributed by atoms with Crippen molar-refractivity contribution >= 4 is 12.1 Å². The monoisotopic (exact) mass is 291 g/mol. The third-order valence-corrected chi connectivity index (χ3v) is 2.52. The lowest BCUT2D eigenvalue weighted by molar-refractivity contribution is 0.0535. The molecule has 0 N–H and O–H groups in total. The van der Waals surface area contributed by atoms with Crippen LogP contribution in [0.5, 0.6) is 0 Å². The predicted molar refractivity (Wildman–Crippen MR) is 79.8 cm³/mol. The lowest BCUT2D eigenvalue weighted by Crippen LogP contribution is -2.27. The van der Waals surface area contributed by atoms with Crippen molar-refractivity contribution < 1.29 is 19.1 Å². The lowest BCUT2D eigenvalue weighted by atomic mass is 10.2. The van der Waals surface area contributed by atoms with Gasteiger partial charge in [-0.2, -0.15) is 0 Å². The van der Waals surface area contributed by atoms with Crippen LogP contribution in [0, 0.1) is 6.92 Å². The zero-order valence-corrected chi connectivity index (χ0v) is 13.0. The Morgan fingerprint density at radius 2 is 1.81 bits per heavy atom. The molecule has 0 saturated carbocycles. The minimum Gasteiger partial charge on any atom is -0.465 e. The number of ether oxygens (including phenoxy) is 2. The summed E-state index contributed by atoms with van der Waals surface area (Å²) in [6.07, 6.45) is 2.37. The summed E-state index contributed by atoms with van der Waals surface area (Å²) in [6, 6.07) is 6.99. The van der Waals surface area contributed by atoms with E-state index in [-0.39, 0.29) is 0 Å². The first-order valence-electron chi connectivity index (χ1n) is 6.58. The van der Waals surface area contributed by atoms with E-state index in [1.807, 2.05) is 0 Å². The van der Waals surface area contributed by atoms with Gasteiger partial charge in [0.05, 0.1) is 12.7 Å². The number of rotatable bonds is 1. The molecule has 1 heterocycles. The summed E-state index contributed by atoms with van der Waals surface area (Å²) in [6.45, 7) is 7.11. The van der Waals surface area contributed by atoms with Crippen LogP contribution in [0.25, 0.3) is 0 Å². The maximum Gasteiger partial charge on any atom is 0.418 e. The number of hydrogen-bond donors (Lipinski definition) is 0. The standard InChI is InChI=1S/C16H21NO4/c1-12-9-7-6-8-10-17(11-13(12)14(18)20-5)15(19)21-16(2,3)4/h6-11H,1-5H3. The maximum absolute atomic E-state index is 12.2. The smallest absolute Gasteiger partial charge is 0.418 e. The number of carbonyl (C=O) groups excluding carboxylic acids is 2. The van der Waals surface area contributed by atoms with Crippen LogP contribution in [-0.2, 0) is 9.47 Å². The Hall–Kier alpha value is -2.30. The van der Waals surface area contributed by atoms with Crippen molar-refractivity contribution in [2.45, 2.75) is 33.3 Å². The molecule has 1 aromatic rings. The molecule has 1 aromatic heterocycles. The number of aryl methyl sites for hydroxylation is 1. The molecule has 5 nitrogen and oxygen atoms in total. The van der Waals surface area contributed by atoms with Crippen molar-refractivity contribution in [1.29, 1.82) is 0 Å². The topological polar surface area (TPSA) is 57.5 Å². The first-order valence-corrected chi connectivity index (χ1v) is 6.58. The molecular weight excluding hydrogens is 270 g/mol. The third-order valence-electron chi connectivity index (χ3n) is 2.52. The molecule has 0 unspecified atom stereocenters. The van der Waals surface area contributed by atoms with E-state index in [0.29, 0.717) is 11.1 Å². The normalized spacial score (nSPS) is 10.5. The minimum absolute atomic E-state index is 0.291. The predicted octanol–water partition coefficient (Wildman–Crippen LogP) is 3.49. The van der Waals surface area contributed by atoms with Crippen molar-refractivity contribution in [3.63, 3.8) is 0 Å². The van der Waals surface area contributed by atoms with E-state index in [1.165, 1.54) is 24.1 Å². The number of carbonyl (C=O) groups is 2. The third kappa shape index (κ3) is 5.30. The van der Waals surface area contributed by atoms with Crippen molar-refractivity contribution in [3.05, 3.63) is 47.8 Å². The van der Waals surface area contributed by atoms with Gasteiger partial charge in [-0.15, -0.1) is 0 Å². The van der Waals surface area contributed by atoms with Gasteiger partial charge < -0.3 is 9.47 Å². The minimum atomic E-state index is -0.622. The van der Waals surface area contributed by atoms with Gasteiger partial charge in [0, 0.05) is 12.4 Å². The number of methoxy groups -OCH3 is 1. The number of hydrogen-bond acceptors (Lipinski definition) is 4. The van der Waals surface area contributed by atoms with Gasteiger partial charge in [-0.25, -0.2) is 9.59 Å². The van der Waals surface area contributed by atoms with Crippen molar-refractivity contribution in [2.24, 2.45) is 0 Å². The Labute approximate surface area is 124 Å². The van der Waals surface area contributed by atoms with Crippen LogP contribution in [0.1, 0.15) is 36.7 Å². The highest BCUT2D eigenvalue weighted by molar-refractivity contribution is 5.91. The number of esters is 1. The molecule has 0 aliphatic heterocycles. The van der Waals surface area contributed by atoms with Crippen LogP contribution in [-0.4, -0.2) is 29.3 Å². The average molecular weight is 291 g/mol. The molecule has 0 radical (unpaired) electrons. The summed E-state index contributed by atoms with van der Waals surface area (Å²) in [5, 5.41) is 0. The summed E-state index contributed by atoms with van der Waals surface area (Å²) < 4.78 is 11.3. The van der Waals surface area contributed by atoms with Crippen molar-refractivity contribution in [1.82, 2.24) is 4.57 Å². The molecule has 0 saturated heterocycles. The van der Waals surface area contributed by atoms with Crippen LogP contribution >= 0.6 is 0 Å². The Bertz CT molecular complexity index is 580. The zero-order valence-electron chi connectivity index (χ0n) is 13.0. The fourth-order valence-corrected chi connectivity index (χ4v) is 1.53. The van der Waals surface area contributed by atoms with Gasteiger partial charge >= 0.3 is 12.1 Å². The summed E-state index contributed by atoms with van der Waals surface area (Å²) in [5.41, 5.74) is 0.360. The van der Waals surface area contributed by atoms with E-state index >= 15 is 0 Å². The highest BCUT2D eigenvalue weighted by Crippen LogP contribution is 2.10. The summed E-state index contributed by atoms with van der Waals surface area (Å²) in [5.74, 6) is -0.513. The van der Waals surface area contributed by atoms with E-state index in [2.05, 4.69) is 0 Å². The van der Waals surface area contributed by atoms with Crippen LogP contribution in [0.2, 0.25) is 0 Å². The van der Waals surface area contributed by atoms with Crippen molar-refractivity contribution in [3.8, 4) is 0 Å². The van der Waals surface area contributed by atoms with Gasteiger partial charge in [-0.1, -0.05) is 18.2 Å². The van der Waals surface area contributed by atoms with Crippen LogP contribution in [0.15, 0.2) is 36.7 Å². The molecular formula is C16H21NO4. The Morgan fingerprint density at radius 3 is 2.38 bits per heavy atom. The second kappa shape index (κ2) is 6.92. The summed E-state index contributed by atoms with van der Waals surface area (Å²) in [4.78, 5) is 24.0. The van der Waals surface area contributed by atoms with Gasteiger partial charge in [0.15, 0.2) is 0 Å². The first kappa shape index (κ1) is 16.8. The van der Waals surface area contributed by atoms with E-state index < -0.39 is 17.7 Å². The number of nitrogens with zero attached hydrogens (tertiary/aromatic N) is 1. The maximum atomic E-state index is 12.2. The van der Waals surface area contributed by atoms with E-state index in [1.54, 1.807) is 52.0 Å². The molecule has 0 aromatic carbocycles. The van der Waals surface area contributed by atoms with Gasteiger partial charge in [0.25, 0.3) is 0 Å². The Balaban J connectivity index is 3.43. The molecule has 0 fully saturated rings. The highest BCUT2D eigenvalue weighted by atomic mass is 16.6. The van der Waals surface area contributed by atoms with Gasteiger partial charge in [-0.3, -0.25) is 4.57 Å². The molecule has 0 atom stereocenters. The van der Waals surface area contributed by atoms with Crippen LogP contribution < -0.4 is 0 Å². The van der Waals surface area contributed by atoms with Gasteiger partial charge in [0.1, 0.15) is 5.60 Å². The second-order valence-electron chi connectivity index (χ2n) is 5.50.